The average Bonchev–Trinajstić information content (AvgIpc) is 2.55. The molecule has 0 atom stereocenters. The molecular formula is C21H25ClN4. The summed E-state index contributed by atoms with van der Waals surface area (Å²) < 4.78 is 0. The van der Waals surface area contributed by atoms with Crippen molar-refractivity contribution in [1.29, 1.82) is 0 Å². The van der Waals surface area contributed by atoms with E-state index in [-0.39, 0.29) is 11.4 Å². The Bertz CT molecular complexity index is 851. The van der Waals surface area contributed by atoms with Crippen molar-refractivity contribution in [2.45, 2.75) is 40.0 Å². The molecule has 0 bridgehead atoms. The van der Waals surface area contributed by atoms with Crippen LogP contribution in [0.25, 0.3) is 6.08 Å². The summed E-state index contributed by atoms with van der Waals surface area (Å²) in [7, 11) is 0. The number of benzene rings is 1. The van der Waals surface area contributed by atoms with Crippen LogP contribution in [0.15, 0.2) is 47.6 Å². The molecule has 4 nitrogen and oxygen atoms in total. The summed E-state index contributed by atoms with van der Waals surface area (Å²) in [5, 5.41) is 3.93. The molecule has 1 heterocycles. The maximum atomic E-state index is 5.93. The first kappa shape index (κ1) is 18.5. The lowest BCUT2D eigenvalue weighted by atomic mass is 9.72. The van der Waals surface area contributed by atoms with E-state index >= 15 is 0 Å². The van der Waals surface area contributed by atoms with Crippen LogP contribution in [0, 0.1) is 5.41 Å². The molecule has 0 unspecified atom stereocenters. The summed E-state index contributed by atoms with van der Waals surface area (Å²) in [6, 6.07) is 9.35. The second-order valence-electron chi connectivity index (χ2n) is 7.43. The molecule has 3 N–H and O–H groups in total. The number of allylic oxidation sites excluding steroid dienone is 3. The van der Waals surface area contributed by atoms with Gasteiger partial charge >= 0.3 is 0 Å². The van der Waals surface area contributed by atoms with Crippen LogP contribution in [0.5, 0.6) is 0 Å². The SMILES string of the molecule is CC1=C(/C=C/c2cc(Nc3ccc(Cl)cc3)nc(N)n2)C(C)(C)CCC1. The van der Waals surface area contributed by atoms with Gasteiger partial charge in [0.2, 0.25) is 5.95 Å². The first-order valence-electron chi connectivity index (χ1n) is 8.89. The second-order valence-corrected chi connectivity index (χ2v) is 7.87. The van der Waals surface area contributed by atoms with Crippen molar-refractivity contribution in [3.63, 3.8) is 0 Å². The first-order chi connectivity index (χ1) is 12.3. The van der Waals surface area contributed by atoms with Crippen molar-refractivity contribution in [2.24, 2.45) is 5.41 Å². The molecule has 0 fully saturated rings. The number of nitrogens with zero attached hydrogens (tertiary/aromatic N) is 2. The number of aromatic nitrogens is 2. The number of hydrogen-bond acceptors (Lipinski definition) is 4. The maximum Gasteiger partial charge on any atom is 0.222 e. The van der Waals surface area contributed by atoms with E-state index in [1.165, 1.54) is 30.4 Å². The van der Waals surface area contributed by atoms with Gasteiger partial charge in [-0.3, -0.25) is 0 Å². The lowest BCUT2D eigenvalue weighted by molar-refractivity contribution is 0.377. The van der Waals surface area contributed by atoms with E-state index in [2.05, 4.69) is 42.1 Å². The number of rotatable bonds is 4. The van der Waals surface area contributed by atoms with E-state index in [4.69, 9.17) is 17.3 Å². The molecule has 136 valence electrons. The predicted molar refractivity (Wildman–Crippen MR) is 111 cm³/mol. The molecule has 26 heavy (non-hydrogen) atoms. The highest BCUT2D eigenvalue weighted by Gasteiger charge is 2.26. The van der Waals surface area contributed by atoms with Crippen LogP contribution < -0.4 is 11.1 Å². The van der Waals surface area contributed by atoms with Crippen LogP contribution in [0.4, 0.5) is 17.5 Å². The zero-order valence-corrected chi connectivity index (χ0v) is 16.3. The van der Waals surface area contributed by atoms with Crippen LogP contribution in [0.3, 0.4) is 0 Å². The van der Waals surface area contributed by atoms with Gasteiger partial charge in [-0.25, -0.2) is 4.98 Å². The highest BCUT2D eigenvalue weighted by molar-refractivity contribution is 6.30. The van der Waals surface area contributed by atoms with Crippen LogP contribution in [0.1, 0.15) is 45.7 Å². The van der Waals surface area contributed by atoms with Crippen molar-refractivity contribution in [3.8, 4) is 0 Å². The standard InChI is InChI=1S/C21H25ClN4/c1-14-5-4-12-21(2,3)18(14)11-10-17-13-19(26-20(23)25-17)24-16-8-6-15(22)7-9-16/h6-11,13H,4-5,12H2,1-3H3,(H3,23,24,25,26)/b11-10+. The number of nitrogen functional groups attached to an aromatic ring is 1. The summed E-state index contributed by atoms with van der Waals surface area (Å²) >= 11 is 5.93. The van der Waals surface area contributed by atoms with Crippen molar-refractivity contribution in [1.82, 2.24) is 9.97 Å². The minimum Gasteiger partial charge on any atom is -0.368 e. The molecule has 0 amide bonds. The number of nitrogens with one attached hydrogen (secondary N) is 1. The van der Waals surface area contributed by atoms with Crippen LogP contribution in [-0.4, -0.2) is 9.97 Å². The van der Waals surface area contributed by atoms with E-state index in [0.717, 1.165) is 11.4 Å². The lowest BCUT2D eigenvalue weighted by Gasteiger charge is -2.32. The van der Waals surface area contributed by atoms with Gasteiger partial charge in [0.25, 0.3) is 0 Å². The molecule has 1 aromatic heterocycles. The summed E-state index contributed by atoms with van der Waals surface area (Å²) in [6.45, 7) is 6.83. The Balaban J connectivity index is 1.84. The fourth-order valence-corrected chi connectivity index (χ4v) is 3.62. The third kappa shape index (κ3) is 4.44. The zero-order valence-electron chi connectivity index (χ0n) is 15.5. The predicted octanol–water partition coefficient (Wildman–Crippen LogP) is 6.00. The minimum absolute atomic E-state index is 0.196. The Morgan fingerprint density at radius 3 is 2.58 bits per heavy atom. The highest BCUT2D eigenvalue weighted by atomic mass is 35.5. The number of halogens is 1. The molecule has 0 saturated carbocycles. The molecule has 5 heteroatoms. The van der Waals surface area contributed by atoms with Crippen LogP contribution >= 0.6 is 11.6 Å². The summed E-state index contributed by atoms with van der Waals surface area (Å²) in [5.41, 5.74) is 10.6. The zero-order chi connectivity index (χ0) is 18.7. The fraction of sp³-hybridized carbons (Fsp3) is 0.333. The molecule has 0 saturated heterocycles. The van der Waals surface area contributed by atoms with Crippen molar-refractivity contribution >= 4 is 35.1 Å². The van der Waals surface area contributed by atoms with E-state index in [0.29, 0.717) is 10.8 Å². The smallest absolute Gasteiger partial charge is 0.222 e. The minimum atomic E-state index is 0.196. The number of hydrogen-bond donors (Lipinski definition) is 2. The van der Waals surface area contributed by atoms with Gasteiger partial charge < -0.3 is 11.1 Å². The Morgan fingerprint density at radius 2 is 1.88 bits per heavy atom. The Labute approximate surface area is 160 Å². The molecule has 1 aliphatic rings. The third-order valence-corrected chi connectivity index (χ3v) is 5.10. The molecule has 3 rings (SSSR count). The summed E-state index contributed by atoms with van der Waals surface area (Å²) in [6.07, 6.45) is 7.84. The van der Waals surface area contributed by atoms with Gasteiger partial charge in [-0.1, -0.05) is 37.1 Å². The van der Waals surface area contributed by atoms with Crippen LogP contribution in [0.2, 0.25) is 5.02 Å². The van der Waals surface area contributed by atoms with Gasteiger partial charge in [0.05, 0.1) is 5.69 Å². The highest BCUT2D eigenvalue weighted by Crippen LogP contribution is 2.40. The van der Waals surface area contributed by atoms with Gasteiger partial charge in [0.1, 0.15) is 5.82 Å². The van der Waals surface area contributed by atoms with Gasteiger partial charge in [-0.2, -0.15) is 4.98 Å². The van der Waals surface area contributed by atoms with E-state index in [9.17, 15) is 0 Å². The summed E-state index contributed by atoms with van der Waals surface area (Å²) in [4.78, 5) is 8.61. The average molecular weight is 369 g/mol. The first-order valence-corrected chi connectivity index (χ1v) is 9.27. The Hall–Kier alpha value is -2.33. The molecule has 0 spiro atoms. The monoisotopic (exact) mass is 368 g/mol. The molecule has 0 radical (unpaired) electrons. The molecule has 0 aliphatic heterocycles. The largest absolute Gasteiger partial charge is 0.368 e. The maximum absolute atomic E-state index is 5.93. The molecular weight excluding hydrogens is 344 g/mol. The quantitative estimate of drug-likeness (QED) is 0.695. The summed E-state index contributed by atoms with van der Waals surface area (Å²) in [5.74, 6) is 0.908. The van der Waals surface area contributed by atoms with E-state index in [1.54, 1.807) is 0 Å². The van der Waals surface area contributed by atoms with Crippen molar-refractivity contribution in [3.05, 3.63) is 58.3 Å². The van der Waals surface area contributed by atoms with Gasteiger partial charge in [0, 0.05) is 16.8 Å². The normalized spacial score (nSPS) is 16.9. The second kappa shape index (κ2) is 7.50. The van der Waals surface area contributed by atoms with Gasteiger partial charge in [-0.15, -0.1) is 0 Å². The Morgan fingerprint density at radius 1 is 1.15 bits per heavy atom. The topological polar surface area (TPSA) is 63.8 Å². The number of nitrogens with two attached hydrogens (primary N) is 1. The third-order valence-electron chi connectivity index (χ3n) is 4.84. The van der Waals surface area contributed by atoms with Gasteiger partial charge in [-0.05, 0) is 67.5 Å². The molecule has 2 aromatic rings. The van der Waals surface area contributed by atoms with Crippen LogP contribution in [-0.2, 0) is 0 Å². The fourth-order valence-electron chi connectivity index (χ4n) is 3.49. The van der Waals surface area contributed by atoms with E-state index < -0.39 is 0 Å². The molecule has 1 aliphatic carbocycles. The molecule has 1 aromatic carbocycles. The van der Waals surface area contributed by atoms with E-state index in [1.807, 2.05) is 36.4 Å². The Kier molecular flexibility index (Phi) is 5.33. The van der Waals surface area contributed by atoms with Gasteiger partial charge in [0.15, 0.2) is 0 Å². The number of anilines is 3. The van der Waals surface area contributed by atoms with Crippen molar-refractivity contribution in [2.75, 3.05) is 11.1 Å². The van der Waals surface area contributed by atoms with Crippen molar-refractivity contribution < 1.29 is 0 Å². The lowest BCUT2D eigenvalue weighted by Crippen LogP contribution is -2.19.